The number of hydrogen-bond acceptors (Lipinski definition) is 3. The van der Waals surface area contributed by atoms with Gasteiger partial charge in [0, 0.05) is 24.0 Å². The van der Waals surface area contributed by atoms with Gasteiger partial charge in [0.25, 0.3) is 6.43 Å². The number of nitrogens with two attached hydrogens (primary N) is 1. The first-order valence-electron chi connectivity index (χ1n) is 4.20. The van der Waals surface area contributed by atoms with Crippen molar-refractivity contribution >= 4 is 0 Å². The Bertz CT molecular complexity index is 448. The number of halogens is 2. The molecule has 0 aromatic carbocycles. The van der Waals surface area contributed by atoms with Gasteiger partial charge >= 0.3 is 0 Å². The summed E-state index contributed by atoms with van der Waals surface area (Å²) >= 11 is 0. The second kappa shape index (κ2) is 4.66. The lowest BCUT2D eigenvalue weighted by Gasteiger charge is -2.06. The molecule has 80 valence electrons. The van der Waals surface area contributed by atoms with Crippen molar-refractivity contribution in [3.63, 3.8) is 0 Å². The Balaban J connectivity index is 3.39. The van der Waals surface area contributed by atoms with Gasteiger partial charge in [-0.15, -0.1) is 0 Å². The van der Waals surface area contributed by atoms with E-state index in [0.29, 0.717) is 0 Å². The van der Waals surface area contributed by atoms with E-state index in [2.05, 4.69) is 4.98 Å². The first-order chi connectivity index (χ1) is 7.11. The second-order valence-electron chi connectivity index (χ2n) is 2.87. The van der Waals surface area contributed by atoms with Crippen molar-refractivity contribution in [3.8, 4) is 6.07 Å². The summed E-state index contributed by atoms with van der Waals surface area (Å²) in [6, 6.07) is 1.71. The summed E-state index contributed by atoms with van der Waals surface area (Å²) in [5.41, 5.74) is 3.82. The number of nitrogens with one attached hydrogen (secondary N) is 1. The van der Waals surface area contributed by atoms with Crippen LogP contribution < -0.4 is 11.2 Å². The maximum Gasteiger partial charge on any atom is 0.269 e. The molecule has 0 unspecified atom stereocenters. The van der Waals surface area contributed by atoms with Gasteiger partial charge in [-0.3, -0.25) is 4.79 Å². The summed E-state index contributed by atoms with van der Waals surface area (Å²) in [6.45, 7) is -0.109. The van der Waals surface area contributed by atoms with Crippen LogP contribution in [0.1, 0.15) is 23.2 Å². The molecule has 4 nitrogen and oxygen atoms in total. The molecule has 0 spiro atoms. The molecule has 0 amide bonds. The number of hydrogen-bond donors (Lipinski definition) is 2. The topological polar surface area (TPSA) is 82.7 Å². The quantitative estimate of drug-likeness (QED) is 0.780. The fraction of sp³-hybridized carbons (Fsp3) is 0.333. The van der Waals surface area contributed by atoms with E-state index in [4.69, 9.17) is 11.0 Å². The van der Waals surface area contributed by atoms with Gasteiger partial charge in [-0.1, -0.05) is 0 Å². The number of aromatic amines is 1. The van der Waals surface area contributed by atoms with Gasteiger partial charge in [-0.2, -0.15) is 5.26 Å². The van der Waals surface area contributed by atoms with E-state index in [0.717, 1.165) is 0 Å². The molecule has 0 aliphatic heterocycles. The molecule has 6 heteroatoms. The van der Waals surface area contributed by atoms with Crippen LogP contribution in [0.3, 0.4) is 0 Å². The predicted molar refractivity (Wildman–Crippen MR) is 49.2 cm³/mol. The average Bonchev–Trinajstić information content (AvgIpc) is 2.18. The van der Waals surface area contributed by atoms with E-state index in [1.54, 1.807) is 6.07 Å². The molecule has 3 N–H and O–H groups in total. The molecule has 1 aromatic heterocycles. The van der Waals surface area contributed by atoms with Crippen LogP contribution in [0.2, 0.25) is 0 Å². The van der Waals surface area contributed by atoms with Gasteiger partial charge in [-0.25, -0.2) is 8.78 Å². The average molecular weight is 213 g/mol. The summed E-state index contributed by atoms with van der Waals surface area (Å²) in [7, 11) is 0. The summed E-state index contributed by atoms with van der Waals surface area (Å²) in [5.74, 6) is 0. The molecule has 0 radical (unpaired) electrons. The van der Waals surface area contributed by atoms with Gasteiger partial charge in [0.1, 0.15) is 0 Å². The number of alkyl halides is 2. The Labute approximate surface area is 84.3 Å². The zero-order valence-corrected chi connectivity index (χ0v) is 7.76. The molecule has 0 bridgehead atoms. The summed E-state index contributed by atoms with van der Waals surface area (Å²) < 4.78 is 25.1. The van der Waals surface area contributed by atoms with E-state index in [1.165, 1.54) is 6.20 Å². The number of aromatic nitrogens is 1. The lowest BCUT2D eigenvalue weighted by Crippen LogP contribution is -2.21. The largest absolute Gasteiger partial charge is 0.363 e. The molecule has 0 aliphatic rings. The number of nitriles is 1. The number of H-pyrrole nitrogens is 1. The molecule has 1 rings (SSSR count). The van der Waals surface area contributed by atoms with Crippen LogP contribution in [-0.4, -0.2) is 4.98 Å². The Morgan fingerprint density at radius 1 is 1.60 bits per heavy atom. The number of rotatable bonds is 3. The van der Waals surface area contributed by atoms with E-state index < -0.39 is 17.4 Å². The highest BCUT2D eigenvalue weighted by Gasteiger charge is 2.19. The third kappa shape index (κ3) is 2.19. The molecule has 1 heterocycles. The Morgan fingerprint density at radius 3 is 2.73 bits per heavy atom. The second-order valence-corrected chi connectivity index (χ2v) is 2.87. The first-order valence-corrected chi connectivity index (χ1v) is 4.20. The minimum Gasteiger partial charge on any atom is -0.363 e. The van der Waals surface area contributed by atoms with Crippen molar-refractivity contribution in [3.05, 3.63) is 33.2 Å². The molecule has 0 atom stereocenters. The van der Waals surface area contributed by atoms with Gasteiger partial charge < -0.3 is 10.7 Å². The summed E-state index contributed by atoms with van der Waals surface area (Å²) in [5, 5.41) is 8.40. The van der Waals surface area contributed by atoms with Crippen LogP contribution in [0.5, 0.6) is 0 Å². The van der Waals surface area contributed by atoms with Crippen molar-refractivity contribution in [2.75, 3.05) is 0 Å². The minimum absolute atomic E-state index is 0.0466. The minimum atomic E-state index is -2.90. The third-order valence-electron chi connectivity index (χ3n) is 1.98. The fourth-order valence-corrected chi connectivity index (χ4v) is 1.24. The van der Waals surface area contributed by atoms with Crippen molar-refractivity contribution in [1.29, 1.82) is 5.26 Å². The third-order valence-corrected chi connectivity index (χ3v) is 1.98. The summed E-state index contributed by atoms with van der Waals surface area (Å²) in [6.07, 6.45) is -1.88. The molecule has 0 saturated heterocycles. The Hall–Kier alpha value is -1.74. The first kappa shape index (κ1) is 11.3. The SMILES string of the molecule is N#CCc1[nH]cc(CN)c(=O)c1C(F)F. The fourth-order valence-electron chi connectivity index (χ4n) is 1.24. The molecule has 1 aromatic rings. The van der Waals surface area contributed by atoms with Crippen molar-refractivity contribution in [1.82, 2.24) is 4.98 Å². The zero-order chi connectivity index (χ0) is 11.4. The molecular weight excluding hydrogens is 204 g/mol. The van der Waals surface area contributed by atoms with E-state index in [-0.39, 0.29) is 24.2 Å². The normalized spacial score (nSPS) is 10.3. The highest BCUT2D eigenvalue weighted by Crippen LogP contribution is 2.18. The number of pyridine rings is 1. The van der Waals surface area contributed by atoms with Crippen LogP contribution in [0.15, 0.2) is 11.0 Å². The van der Waals surface area contributed by atoms with Gasteiger partial charge in [-0.05, 0) is 0 Å². The van der Waals surface area contributed by atoms with Gasteiger partial charge in [0.2, 0.25) is 0 Å². The molecule has 0 fully saturated rings. The highest BCUT2D eigenvalue weighted by atomic mass is 19.3. The van der Waals surface area contributed by atoms with Gasteiger partial charge in [0.15, 0.2) is 5.43 Å². The smallest absolute Gasteiger partial charge is 0.269 e. The highest BCUT2D eigenvalue weighted by molar-refractivity contribution is 5.28. The predicted octanol–water partition coefficient (Wildman–Crippen LogP) is 0.837. The maximum absolute atomic E-state index is 12.6. The van der Waals surface area contributed by atoms with Crippen molar-refractivity contribution in [2.24, 2.45) is 5.73 Å². The van der Waals surface area contributed by atoms with E-state index in [9.17, 15) is 13.6 Å². The van der Waals surface area contributed by atoms with Crippen LogP contribution in [0, 0.1) is 11.3 Å². The number of nitrogens with zero attached hydrogens (tertiary/aromatic N) is 1. The summed E-state index contributed by atoms with van der Waals surface area (Å²) in [4.78, 5) is 13.9. The molecule has 15 heavy (non-hydrogen) atoms. The van der Waals surface area contributed by atoms with Crippen LogP contribution in [-0.2, 0) is 13.0 Å². The zero-order valence-electron chi connectivity index (χ0n) is 7.76. The van der Waals surface area contributed by atoms with Crippen LogP contribution in [0.4, 0.5) is 8.78 Å². The van der Waals surface area contributed by atoms with E-state index >= 15 is 0 Å². The van der Waals surface area contributed by atoms with Crippen molar-refractivity contribution in [2.45, 2.75) is 19.4 Å². The monoisotopic (exact) mass is 213 g/mol. The Kier molecular flexibility index (Phi) is 3.52. The molecular formula is C9H9F2N3O. The van der Waals surface area contributed by atoms with Crippen LogP contribution >= 0.6 is 0 Å². The lowest BCUT2D eigenvalue weighted by atomic mass is 10.1. The Morgan fingerprint density at radius 2 is 2.27 bits per heavy atom. The molecule has 0 aliphatic carbocycles. The van der Waals surface area contributed by atoms with Crippen LogP contribution in [0.25, 0.3) is 0 Å². The van der Waals surface area contributed by atoms with Gasteiger partial charge in [0.05, 0.1) is 18.1 Å². The van der Waals surface area contributed by atoms with Crippen molar-refractivity contribution < 1.29 is 8.78 Å². The lowest BCUT2D eigenvalue weighted by molar-refractivity contribution is 0.148. The maximum atomic E-state index is 12.6. The van der Waals surface area contributed by atoms with E-state index in [1.807, 2.05) is 0 Å². The molecule has 0 saturated carbocycles. The standard InChI is InChI=1S/C9H9F2N3O/c10-9(11)7-6(1-2-12)14-4-5(3-13)8(7)15/h4,9H,1,3,13H2,(H,14,15).